The van der Waals surface area contributed by atoms with E-state index in [4.69, 9.17) is 0 Å². The molecule has 1 aliphatic rings. The van der Waals surface area contributed by atoms with Crippen molar-refractivity contribution in [3.05, 3.63) is 41.5 Å². The normalized spacial score (nSPS) is 17.2. The second kappa shape index (κ2) is 4.43. The number of rotatable bonds is 2. The molecule has 0 heterocycles. The third-order valence-corrected chi connectivity index (χ3v) is 2.90. The minimum Gasteiger partial charge on any atom is -0.392 e. The molecule has 14 heavy (non-hydrogen) atoms. The predicted octanol–water partition coefficient (Wildman–Crippen LogP) is 3.01. The third-order valence-electron chi connectivity index (χ3n) is 2.90. The molecule has 0 radical (unpaired) electrons. The lowest BCUT2D eigenvalue weighted by Gasteiger charge is -2.19. The van der Waals surface area contributed by atoms with Crippen molar-refractivity contribution in [2.45, 2.75) is 25.7 Å². The second-order valence-corrected chi connectivity index (χ2v) is 3.81. The van der Waals surface area contributed by atoms with E-state index in [9.17, 15) is 5.11 Å². The van der Waals surface area contributed by atoms with E-state index in [1.807, 2.05) is 6.07 Å². The van der Waals surface area contributed by atoms with E-state index >= 15 is 0 Å². The Morgan fingerprint density at radius 2 is 1.71 bits per heavy atom. The van der Waals surface area contributed by atoms with Crippen LogP contribution in [-0.2, 0) is 0 Å². The quantitative estimate of drug-likeness (QED) is 0.756. The SMILES string of the molecule is OCC1=C(c2ccccc2)CCCC1. The van der Waals surface area contributed by atoms with Crippen LogP contribution in [0.4, 0.5) is 0 Å². The molecular formula is C13H16O. The van der Waals surface area contributed by atoms with Crippen molar-refractivity contribution in [3.63, 3.8) is 0 Å². The summed E-state index contributed by atoms with van der Waals surface area (Å²) >= 11 is 0. The number of aliphatic hydroxyl groups excluding tert-OH is 1. The molecule has 2 rings (SSSR count). The smallest absolute Gasteiger partial charge is 0.0647 e. The van der Waals surface area contributed by atoms with Gasteiger partial charge in [-0.05, 0) is 42.4 Å². The van der Waals surface area contributed by atoms with Crippen LogP contribution < -0.4 is 0 Å². The molecule has 1 aromatic rings. The highest BCUT2D eigenvalue weighted by atomic mass is 16.3. The average molecular weight is 188 g/mol. The van der Waals surface area contributed by atoms with Gasteiger partial charge in [0.05, 0.1) is 6.61 Å². The van der Waals surface area contributed by atoms with Crippen molar-refractivity contribution in [1.29, 1.82) is 0 Å². The Morgan fingerprint density at radius 1 is 1.00 bits per heavy atom. The topological polar surface area (TPSA) is 20.2 Å². The molecule has 0 spiro atoms. The van der Waals surface area contributed by atoms with Crippen LogP contribution in [0.15, 0.2) is 35.9 Å². The molecule has 0 saturated carbocycles. The summed E-state index contributed by atoms with van der Waals surface area (Å²) in [5.41, 5.74) is 3.90. The molecule has 1 nitrogen and oxygen atoms in total. The molecule has 74 valence electrons. The summed E-state index contributed by atoms with van der Waals surface area (Å²) in [6.45, 7) is 0.226. The highest BCUT2D eigenvalue weighted by Gasteiger charge is 2.12. The van der Waals surface area contributed by atoms with Crippen LogP contribution in [0, 0.1) is 0 Å². The largest absolute Gasteiger partial charge is 0.392 e. The molecule has 1 aliphatic carbocycles. The highest BCUT2D eigenvalue weighted by molar-refractivity contribution is 5.69. The first kappa shape index (κ1) is 9.47. The third kappa shape index (κ3) is 1.88. The summed E-state index contributed by atoms with van der Waals surface area (Å²) in [6, 6.07) is 10.4. The highest BCUT2D eigenvalue weighted by Crippen LogP contribution is 2.31. The van der Waals surface area contributed by atoms with E-state index in [1.54, 1.807) is 0 Å². The lowest BCUT2D eigenvalue weighted by Crippen LogP contribution is -2.02. The Hall–Kier alpha value is -1.08. The summed E-state index contributed by atoms with van der Waals surface area (Å²) in [4.78, 5) is 0. The molecule has 0 amide bonds. The lowest BCUT2D eigenvalue weighted by molar-refractivity contribution is 0.324. The van der Waals surface area contributed by atoms with Gasteiger partial charge in [0.25, 0.3) is 0 Å². The zero-order chi connectivity index (χ0) is 9.80. The Bertz CT molecular complexity index is 324. The molecule has 0 atom stereocenters. The van der Waals surface area contributed by atoms with E-state index < -0.39 is 0 Å². The maximum Gasteiger partial charge on any atom is 0.0647 e. The molecule has 1 heteroatoms. The fourth-order valence-corrected chi connectivity index (χ4v) is 2.13. The van der Waals surface area contributed by atoms with Gasteiger partial charge < -0.3 is 5.11 Å². The first-order valence-corrected chi connectivity index (χ1v) is 5.29. The van der Waals surface area contributed by atoms with Crippen molar-refractivity contribution in [3.8, 4) is 0 Å². The van der Waals surface area contributed by atoms with Gasteiger partial charge in [0, 0.05) is 0 Å². The zero-order valence-electron chi connectivity index (χ0n) is 8.37. The van der Waals surface area contributed by atoms with E-state index in [0.717, 1.165) is 12.8 Å². The number of aliphatic hydroxyl groups is 1. The summed E-state index contributed by atoms with van der Waals surface area (Å²) in [5, 5.41) is 9.26. The Balaban J connectivity index is 2.35. The van der Waals surface area contributed by atoms with Crippen LogP contribution in [0.3, 0.4) is 0 Å². The van der Waals surface area contributed by atoms with E-state index in [0.29, 0.717) is 0 Å². The van der Waals surface area contributed by atoms with Gasteiger partial charge in [-0.15, -0.1) is 0 Å². The van der Waals surface area contributed by atoms with Crippen molar-refractivity contribution < 1.29 is 5.11 Å². The fourth-order valence-electron chi connectivity index (χ4n) is 2.13. The van der Waals surface area contributed by atoms with Crippen molar-refractivity contribution in [2.24, 2.45) is 0 Å². The van der Waals surface area contributed by atoms with Gasteiger partial charge in [-0.3, -0.25) is 0 Å². The van der Waals surface area contributed by atoms with E-state index in [1.165, 1.54) is 29.6 Å². The van der Waals surface area contributed by atoms with Gasteiger partial charge in [0.1, 0.15) is 0 Å². The van der Waals surface area contributed by atoms with Gasteiger partial charge >= 0.3 is 0 Å². The molecule has 0 aliphatic heterocycles. The molecule has 0 fully saturated rings. The number of hydrogen-bond acceptors (Lipinski definition) is 1. The number of hydrogen-bond donors (Lipinski definition) is 1. The maximum absolute atomic E-state index is 9.26. The zero-order valence-corrected chi connectivity index (χ0v) is 8.37. The summed E-state index contributed by atoms with van der Waals surface area (Å²) in [6.07, 6.45) is 4.68. The molecule has 1 N–H and O–H groups in total. The summed E-state index contributed by atoms with van der Waals surface area (Å²) in [5.74, 6) is 0. The monoisotopic (exact) mass is 188 g/mol. The Labute approximate surface area is 85.1 Å². The number of benzene rings is 1. The molecular weight excluding hydrogens is 172 g/mol. The maximum atomic E-state index is 9.26. The fraction of sp³-hybridized carbons (Fsp3) is 0.385. The predicted molar refractivity (Wildman–Crippen MR) is 58.9 cm³/mol. The lowest BCUT2D eigenvalue weighted by atomic mass is 9.88. The van der Waals surface area contributed by atoms with Gasteiger partial charge in [-0.25, -0.2) is 0 Å². The van der Waals surface area contributed by atoms with E-state index in [2.05, 4.69) is 24.3 Å². The standard InChI is InChI=1S/C13H16O/c14-10-12-8-4-5-9-13(12)11-6-2-1-3-7-11/h1-3,6-7,14H,4-5,8-10H2. The second-order valence-electron chi connectivity index (χ2n) is 3.81. The van der Waals surface area contributed by atoms with Gasteiger partial charge in [-0.1, -0.05) is 30.3 Å². The molecule has 1 aromatic carbocycles. The first-order chi connectivity index (χ1) is 6.92. The van der Waals surface area contributed by atoms with Crippen LogP contribution in [-0.4, -0.2) is 11.7 Å². The van der Waals surface area contributed by atoms with Gasteiger partial charge in [0.15, 0.2) is 0 Å². The van der Waals surface area contributed by atoms with Crippen LogP contribution in [0.1, 0.15) is 31.2 Å². The molecule has 0 bridgehead atoms. The first-order valence-electron chi connectivity index (χ1n) is 5.29. The summed E-state index contributed by atoms with van der Waals surface area (Å²) < 4.78 is 0. The molecule has 0 saturated heterocycles. The molecule has 0 aromatic heterocycles. The average Bonchev–Trinajstić information content (AvgIpc) is 2.30. The number of allylic oxidation sites excluding steroid dienone is 1. The van der Waals surface area contributed by atoms with Crippen LogP contribution in [0.2, 0.25) is 0 Å². The Morgan fingerprint density at radius 3 is 2.43 bits per heavy atom. The Kier molecular flexibility index (Phi) is 3.00. The summed E-state index contributed by atoms with van der Waals surface area (Å²) in [7, 11) is 0. The van der Waals surface area contributed by atoms with Crippen LogP contribution in [0.5, 0.6) is 0 Å². The van der Waals surface area contributed by atoms with E-state index in [-0.39, 0.29) is 6.61 Å². The van der Waals surface area contributed by atoms with Gasteiger partial charge in [-0.2, -0.15) is 0 Å². The minimum atomic E-state index is 0.226. The van der Waals surface area contributed by atoms with Crippen molar-refractivity contribution in [2.75, 3.05) is 6.61 Å². The van der Waals surface area contributed by atoms with Crippen molar-refractivity contribution in [1.82, 2.24) is 0 Å². The van der Waals surface area contributed by atoms with Crippen molar-refractivity contribution >= 4 is 5.57 Å². The molecule has 0 unspecified atom stereocenters. The van der Waals surface area contributed by atoms with Crippen LogP contribution in [0.25, 0.3) is 5.57 Å². The van der Waals surface area contributed by atoms with Crippen LogP contribution >= 0.6 is 0 Å². The minimum absolute atomic E-state index is 0.226. The van der Waals surface area contributed by atoms with Gasteiger partial charge in [0.2, 0.25) is 0 Å².